The Kier molecular flexibility index (Phi) is 4.54. The molecule has 0 unspecified atom stereocenters. The van der Waals surface area contributed by atoms with Crippen molar-refractivity contribution in [2.45, 2.75) is 60.6 Å². The van der Waals surface area contributed by atoms with Crippen molar-refractivity contribution in [3.8, 4) is 0 Å². The molecule has 1 saturated heterocycles. The van der Waals surface area contributed by atoms with Crippen LogP contribution in [0.15, 0.2) is 0 Å². The van der Waals surface area contributed by atoms with Gasteiger partial charge in [-0.3, -0.25) is 4.79 Å². The fourth-order valence-corrected chi connectivity index (χ4v) is 2.41. The molecule has 1 aliphatic heterocycles. The zero-order valence-electron chi connectivity index (χ0n) is 13.6. The molecular weight excluding hydrogens is 258 g/mol. The Balaban J connectivity index is 2.97. The number of carbonyl (C=O) groups excluding carboxylic acids is 2. The van der Waals surface area contributed by atoms with E-state index in [1.165, 1.54) is 4.90 Å². The molecule has 1 rings (SSSR count). The highest BCUT2D eigenvalue weighted by atomic mass is 16.6. The molecule has 0 radical (unpaired) electrons. The summed E-state index contributed by atoms with van der Waals surface area (Å²) in [4.78, 5) is 25.6. The number of cyclic esters (lactones) is 1. The summed E-state index contributed by atoms with van der Waals surface area (Å²) in [6.07, 6.45) is -1.42. The van der Waals surface area contributed by atoms with Crippen molar-refractivity contribution in [2.75, 3.05) is 6.61 Å². The average Bonchev–Trinajstić information content (AvgIpc) is 2.66. The molecule has 0 bridgehead atoms. The van der Waals surface area contributed by atoms with Crippen LogP contribution in [0.25, 0.3) is 0 Å². The van der Waals surface area contributed by atoms with Gasteiger partial charge in [0.1, 0.15) is 6.61 Å². The third kappa shape index (κ3) is 3.32. The monoisotopic (exact) mass is 285 g/mol. The van der Waals surface area contributed by atoms with Crippen LogP contribution in [-0.4, -0.2) is 40.8 Å². The normalized spacial score (nSPS) is 23.5. The molecule has 5 nitrogen and oxygen atoms in total. The number of aliphatic hydroxyl groups is 1. The minimum atomic E-state index is -0.816. The lowest BCUT2D eigenvalue weighted by atomic mass is 9.80. The quantitative estimate of drug-likeness (QED) is 0.846. The predicted octanol–water partition coefficient (Wildman–Crippen LogP) is 2.42. The molecule has 116 valence electrons. The first-order valence-electron chi connectivity index (χ1n) is 7.05. The highest BCUT2D eigenvalue weighted by molar-refractivity contribution is 5.95. The lowest BCUT2D eigenvalue weighted by Crippen LogP contribution is -2.51. The van der Waals surface area contributed by atoms with Crippen LogP contribution in [0.4, 0.5) is 4.79 Å². The minimum Gasteiger partial charge on any atom is -0.447 e. The Labute approximate surface area is 121 Å². The van der Waals surface area contributed by atoms with Gasteiger partial charge >= 0.3 is 6.09 Å². The van der Waals surface area contributed by atoms with Gasteiger partial charge < -0.3 is 9.84 Å². The number of rotatable bonds is 2. The van der Waals surface area contributed by atoms with Crippen molar-refractivity contribution in [1.82, 2.24) is 4.90 Å². The fraction of sp³-hybridized carbons (Fsp3) is 0.867. The summed E-state index contributed by atoms with van der Waals surface area (Å²) in [6, 6.07) is -0.294. The summed E-state index contributed by atoms with van der Waals surface area (Å²) in [5.74, 6) is -1.01. The van der Waals surface area contributed by atoms with Crippen LogP contribution in [0, 0.1) is 16.7 Å². The van der Waals surface area contributed by atoms with Gasteiger partial charge in [-0.25, -0.2) is 9.69 Å². The SMILES string of the molecule is C[C@@H](C(=O)N1C(=O)OC[C@@H]1C(C)(C)C)[C@H](O)C(C)(C)C. The van der Waals surface area contributed by atoms with E-state index in [0.29, 0.717) is 0 Å². The maximum atomic E-state index is 12.6. The maximum absolute atomic E-state index is 12.6. The van der Waals surface area contributed by atoms with Crippen molar-refractivity contribution in [1.29, 1.82) is 0 Å². The molecule has 0 aliphatic carbocycles. The van der Waals surface area contributed by atoms with Gasteiger partial charge in [-0.1, -0.05) is 48.5 Å². The van der Waals surface area contributed by atoms with Crippen LogP contribution in [-0.2, 0) is 9.53 Å². The number of carbonyl (C=O) groups is 2. The van der Waals surface area contributed by atoms with Crippen molar-refractivity contribution >= 4 is 12.0 Å². The number of amides is 2. The van der Waals surface area contributed by atoms with Crippen molar-refractivity contribution in [3.63, 3.8) is 0 Å². The highest BCUT2D eigenvalue weighted by Crippen LogP contribution is 2.33. The third-order valence-electron chi connectivity index (χ3n) is 3.86. The first-order chi connectivity index (χ1) is 8.87. The molecule has 2 amide bonds. The van der Waals surface area contributed by atoms with Crippen LogP contribution < -0.4 is 0 Å². The summed E-state index contributed by atoms with van der Waals surface area (Å²) in [5.41, 5.74) is -0.676. The Morgan fingerprint density at radius 1 is 1.30 bits per heavy atom. The zero-order valence-corrected chi connectivity index (χ0v) is 13.6. The standard InChI is InChI=1S/C15H27NO4/c1-9(11(17)15(5,6)7)12(18)16-10(14(2,3)4)8-20-13(16)19/h9-11,17H,8H2,1-7H3/t9-,10-,11+/m1/s1. The van der Waals surface area contributed by atoms with Crippen LogP contribution in [0.3, 0.4) is 0 Å². The molecule has 0 aromatic heterocycles. The van der Waals surface area contributed by atoms with E-state index in [2.05, 4.69) is 0 Å². The van der Waals surface area contributed by atoms with Crippen molar-refractivity contribution in [3.05, 3.63) is 0 Å². The van der Waals surface area contributed by atoms with Gasteiger partial charge in [0.2, 0.25) is 5.91 Å². The second kappa shape index (κ2) is 5.35. The van der Waals surface area contributed by atoms with Gasteiger partial charge in [0.05, 0.1) is 18.1 Å². The minimum absolute atomic E-state index is 0.215. The van der Waals surface area contributed by atoms with E-state index in [1.54, 1.807) is 6.92 Å². The topological polar surface area (TPSA) is 66.8 Å². The van der Waals surface area contributed by atoms with Gasteiger partial charge in [-0.15, -0.1) is 0 Å². The number of nitrogens with zero attached hydrogens (tertiary/aromatic N) is 1. The van der Waals surface area contributed by atoms with Crippen LogP contribution in [0.1, 0.15) is 48.5 Å². The Hall–Kier alpha value is -1.10. The van der Waals surface area contributed by atoms with E-state index in [0.717, 1.165) is 0 Å². The third-order valence-corrected chi connectivity index (χ3v) is 3.86. The molecule has 5 heteroatoms. The molecule has 1 fully saturated rings. The molecule has 0 saturated carbocycles. The van der Waals surface area contributed by atoms with Crippen LogP contribution in [0.2, 0.25) is 0 Å². The Morgan fingerprint density at radius 3 is 2.20 bits per heavy atom. The summed E-state index contributed by atoms with van der Waals surface area (Å²) in [6.45, 7) is 13.4. The molecule has 0 spiro atoms. The molecule has 1 N–H and O–H groups in total. The Morgan fingerprint density at radius 2 is 1.80 bits per heavy atom. The average molecular weight is 285 g/mol. The van der Waals surface area contributed by atoms with E-state index in [1.807, 2.05) is 41.5 Å². The van der Waals surface area contributed by atoms with Gasteiger partial charge in [0.15, 0.2) is 0 Å². The molecule has 1 aliphatic rings. The summed E-state index contributed by atoms with van der Waals surface area (Å²) >= 11 is 0. The van der Waals surface area contributed by atoms with Crippen LogP contribution in [0.5, 0.6) is 0 Å². The molecular formula is C15H27NO4. The highest BCUT2D eigenvalue weighted by Gasteiger charge is 2.47. The van der Waals surface area contributed by atoms with Crippen LogP contribution >= 0.6 is 0 Å². The molecule has 1 heterocycles. The molecule has 0 aromatic carbocycles. The van der Waals surface area contributed by atoms with Gasteiger partial charge in [-0.2, -0.15) is 0 Å². The second-order valence-electron chi connectivity index (χ2n) is 7.77. The maximum Gasteiger partial charge on any atom is 0.417 e. The predicted molar refractivity (Wildman–Crippen MR) is 76.1 cm³/mol. The largest absolute Gasteiger partial charge is 0.447 e. The summed E-state index contributed by atoms with van der Waals surface area (Å²) in [7, 11) is 0. The zero-order chi connectivity index (χ0) is 15.9. The van der Waals surface area contributed by atoms with Crippen molar-refractivity contribution in [2.24, 2.45) is 16.7 Å². The smallest absolute Gasteiger partial charge is 0.417 e. The summed E-state index contributed by atoms with van der Waals surface area (Å²) < 4.78 is 5.03. The number of ether oxygens (including phenoxy) is 1. The second-order valence-corrected chi connectivity index (χ2v) is 7.77. The number of imide groups is 1. The van der Waals surface area contributed by atoms with E-state index in [-0.39, 0.29) is 24.0 Å². The van der Waals surface area contributed by atoms with Crippen molar-refractivity contribution < 1.29 is 19.4 Å². The first kappa shape index (κ1) is 17.0. The van der Waals surface area contributed by atoms with Gasteiger partial charge in [0, 0.05) is 0 Å². The lowest BCUT2D eigenvalue weighted by molar-refractivity contribution is -0.140. The summed E-state index contributed by atoms with van der Waals surface area (Å²) in [5, 5.41) is 10.3. The van der Waals surface area contributed by atoms with E-state index in [9.17, 15) is 14.7 Å². The fourth-order valence-electron chi connectivity index (χ4n) is 2.41. The molecule has 3 atom stereocenters. The number of aliphatic hydroxyl groups excluding tert-OH is 1. The van der Waals surface area contributed by atoms with Gasteiger partial charge in [-0.05, 0) is 10.8 Å². The van der Waals surface area contributed by atoms with E-state index < -0.39 is 23.5 Å². The lowest BCUT2D eigenvalue weighted by Gasteiger charge is -2.35. The first-order valence-corrected chi connectivity index (χ1v) is 7.05. The van der Waals surface area contributed by atoms with E-state index >= 15 is 0 Å². The van der Waals surface area contributed by atoms with Gasteiger partial charge in [0.25, 0.3) is 0 Å². The molecule has 20 heavy (non-hydrogen) atoms. The van der Waals surface area contributed by atoms with E-state index in [4.69, 9.17) is 4.74 Å². The number of hydrogen-bond donors (Lipinski definition) is 1. The number of hydrogen-bond acceptors (Lipinski definition) is 4. The molecule has 0 aromatic rings. The Bertz CT molecular complexity index is 392.